The van der Waals surface area contributed by atoms with Crippen molar-refractivity contribution in [3.8, 4) is 17.1 Å². The lowest BCUT2D eigenvalue weighted by Gasteiger charge is -2.00. The predicted molar refractivity (Wildman–Crippen MR) is 64.7 cm³/mol. The lowest BCUT2D eigenvalue weighted by molar-refractivity contribution is 0.803. The zero-order chi connectivity index (χ0) is 11.7. The molecule has 0 aliphatic rings. The zero-order valence-corrected chi connectivity index (χ0v) is 9.50. The molecule has 0 fully saturated rings. The number of benzene rings is 1. The molecule has 0 unspecified atom stereocenters. The molecule has 84 valence electrons. The predicted octanol–water partition coefficient (Wildman–Crippen LogP) is 1.37. The molecule has 6 nitrogen and oxygen atoms in total. The molecule has 17 heavy (non-hydrogen) atoms. The van der Waals surface area contributed by atoms with Crippen LogP contribution in [0.2, 0.25) is 0 Å². The molecule has 0 saturated carbocycles. The summed E-state index contributed by atoms with van der Waals surface area (Å²) < 4.78 is 5.84. The summed E-state index contributed by atoms with van der Waals surface area (Å²) in [6.45, 7) is 0. The second-order valence-corrected chi connectivity index (χ2v) is 4.13. The number of aromatic nitrogens is 5. The van der Waals surface area contributed by atoms with E-state index in [1.807, 2.05) is 24.3 Å². The highest BCUT2D eigenvalue weighted by molar-refractivity contribution is 7.09. The summed E-state index contributed by atoms with van der Waals surface area (Å²) in [4.78, 5) is 4.12. The summed E-state index contributed by atoms with van der Waals surface area (Å²) in [5.41, 5.74) is 7.42. The van der Waals surface area contributed by atoms with E-state index in [1.165, 1.54) is 11.5 Å². The number of nitrogens with two attached hydrogens (primary N) is 1. The van der Waals surface area contributed by atoms with Crippen LogP contribution in [-0.4, -0.2) is 24.4 Å². The molecule has 7 heteroatoms. The number of nitrogen functional groups attached to an aromatic ring is 1. The van der Waals surface area contributed by atoms with Crippen LogP contribution < -0.4 is 5.73 Å². The molecular weight excluding hydrogens is 236 g/mol. The van der Waals surface area contributed by atoms with Crippen molar-refractivity contribution in [1.82, 2.24) is 24.4 Å². The summed E-state index contributed by atoms with van der Waals surface area (Å²) in [5, 5.41) is 8.14. The van der Waals surface area contributed by atoms with E-state index >= 15 is 0 Å². The minimum Gasteiger partial charge on any atom is -0.374 e. The highest BCUT2D eigenvalue weighted by Gasteiger charge is 2.04. The van der Waals surface area contributed by atoms with E-state index in [-0.39, 0.29) is 0 Å². The van der Waals surface area contributed by atoms with Crippen LogP contribution in [0.25, 0.3) is 17.1 Å². The first-order chi connectivity index (χ1) is 8.33. The highest BCUT2D eigenvalue weighted by Crippen LogP contribution is 2.20. The first kappa shape index (κ1) is 9.91. The number of rotatable bonds is 2. The third-order valence-corrected chi connectivity index (χ3v) is 2.80. The molecule has 0 saturated heterocycles. The van der Waals surface area contributed by atoms with E-state index in [2.05, 4.69) is 19.7 Å². The average molecular weight is 244 g/mol. The van der Waals surface area contributed by atoms with Crippen LogP contribution in [0, 0.1) is 0 Å². The lowest BCUT2D eigenvalue weighted by atomic mass is 10.2. The van der Waals surface area contributed by atoms with Crippen LogP contribution in [0.15, 0.2) is 36.7 Å². The molecule has 3 aromatic rings. The molecule has 0 amide bonds. The van der Waals surface area contributed by atoms with Gasteiger partial charge in [0.15, 0.2) is 11.0 Å². The van der Waals surface area contributed by atoms with Crippen LogP contribution in [-0.2, 0) is 0 Å². The lowest BCUT2D eigenvalue weighted by Crippen LogP contribution is -1.94. The molecule has 2 N–H and O–H groups in total. The molecule has 0 spiro atoms. The van der Waals surface area contributed by atoms with Gasteiger partial charge in [-0.25, -0.2) is 4.68 Å². The first-order valence-electron chi connectivity index (χ1n) is 4.89. The van der Waals surface area contributed by atoms with Gasteiger partial charge in [-0.15, -0.1) is 5.10 Å². The molecule has 2 heterocycles. The van der Waals surface area contributed by atoms with E-state index in [0.29, 0.717) is 11.0 Å². The number of nitrogens with zero attached hydrogens (tertiary/aromatic N) is 5. The maximum atomic E-state index is 5.55. The van der Waals surface area contributed by atoms with Gasteiger partial charge >= 0.3 is 0 Å². The molecule has 0 radical (unpaired) electrons. The fraction of sp³-hybridized carbons (Fsp3) is 0. The Kier molecular flexibility index (Phi) is 2.30. The van der Waals surface area contributed by atoms with Crippen molar-refractivity contribution >= 4 is 16.7 Å². The quantitative estimate of drug-likeness (QED) is 0.736. The molecule has 3 rings (SSSR count). The molecule has 0 atom stereocenters. The second-order valence-electron chi connectivity index (χ2n) is 3.35. The smallest absolute Gasteiger partial charge is 0.200 e. The van der Waals surface area contributed by atoms with Crippen molar-refractivity contribution in [2.24, 2.45) is 0 Å². The maximum Gasteiger partial charge on any atom is 0.200 e. The topological polar surface area (TPSA) is 82.5 Å². The standard InChI is InChI=1S/C10H8N6S/c11-10-13-9(14-17-10)7-1-3-8(4-2-7)16-6-5-12-15-16/h1-6H,(H2,11,13,14). The highest BCUT2D eigenvalue weighted by atomic mass is 32.1. The average Bonchev–Trinajstić information content (AvgIpc) is 3.00. The summed E-state index contributed by atoms with van der Waals surface area (Å²) in [6.07, 6.45) is 3.42. The van der Waals surface area contributed by atoms with Gasteiger partial charge in [0.05, 0.1) is 18.1 Å². The molecule has 0 aliphatic carbocycles. The van der Waals surface area contributed by atoms with E-state index in [9.17, 15) is 0 Å². The Balaban J connectivity index is 1.95. The third-order valence-electron chi connectivity index (χ3n) is 2.25. The summed E-state index contributed by atoms with van der Waals surface area (Å²) in [6, 6.07) is 7.72. The van der Waals surface area contributed by atoms with Crippen LogP contribution >= 0.6 is 11.5 Å². The minimum absolute atomic E-state index is 0.473. The Hall–Kier alpha value is -2.28. The van der Waals surface area contributed by atoms with Crippen molar-refractivity contribution in [2.75, 3.05) is 5.73 Å². The fourth-order valence-corrected chi connectivity index (χ4v) is 1.92. The summed E-state index contributed by atoms with van der Waals surface area (Å²) in [7, 11) is 0. The fourth-order valence-electron chi connectivity index (χ4n) is 1.46. The third kappa shape index (κ3) is 1.87. The van der Waals surface area contributed by atoms with E-state index < -0.39 is 0 Å². The van der Waals surface area contributed by atoms with Gasteiger partial charge in [0.25, 0.3) is 0 Å². The largest absolute Gasteiger partial charge is 0.374 e. The zero-order valence-electron chi connectivity index (χ0n) is 8.69. The number of hydrogen-bond donors (Lipinski definition) is 1. The van der Waals surface area contributed by atoms with Crippen molar-refractivity contribution in [2.45, 2.75) is 0 Å². The van der Waals surface area contributed by atoms with Gasteiger partial charge in [0.1, 0.15) is 0 Å². The molecule has 0 bridgehead atoms. The molecule has 0 aliphatic heterocycles. The van der Waals surface area contributed by atoms with Crippen LogP contribution in [0.4, 0.5) is 5.13 Å². The minimum atomic E-state index is 0.473. The van der Waals surface area contributed by atoms with E-state index in [1.54, 1.807) is 17.1 Å². The number of hydrogen-bond acceptors (Lipinski definition) is 6. The van der Waals surface area contributed by atoms with Gasteiger partial charge in [-0.05, 0) is 24.3 Å². The van der Waals surface area contributed by atoms with Crippen molar-refractivity contribution in [3.05, 3.63) is 36.7 Å². The van der Waals surface area contributed by atoms with Gasteiger partial charge in [-0.2, -0.15) is 9.36 Å². The number of anilines is 1. The maximum absolute atomic E-state index is 5.55. The Bertz CT molecular complexity index is 613. The van der Waals surface area contributed by atoms with Crippen molar-refractivity contribution in [1.29, 1.82) is 0 Å². The Labute approximate surface area is 101 Å². The van der Waals surface area contributed by atoms with Gasteiger partial charge in [0, 0.05) is 17.1 Å². The van der Waals surface area contributed by atoms with Gasteiger partial charge < -0.3 is 5.73 Å². The van der Waals surface area contributed by atoms with Crippen LogP contribution in [0.3, 0.4) is 0 Å². The Morgan fingerprint density at radius 1 is 1.18 bits per heavy atom. The summed E-state index contributed by atoms with van der Waals surface area (Å²) >= 11 is 1.19. The Morgan fingerprint density at radius 2 is 2.00 bits per heavy atom. The van der Waals surface area contributed by atoms with E-state index in [4.69, 9.17) is 5.73 Å². The molecule has 1 aromatic carbocycles. The monoisotopic (exact) mass is 244 g/mol. The van der Waals surface area contributed by atoms with Gasteiger partial charge in [-0.3, -0.25) is 0 Å². The van der Waals surface area contributed by atoms with Crippen LogP contribution in [0.5, 0.6) is 0 Å². The van der Waals surface area contributed by atoms with Crippen molar-refractivity contribution in [3.63, 3.8) is 0 Å². The van der Waals surface area contributed by atoms with Crippen LogP contribution in [0.1, 0.15) is 0 Å². The first-order valence-corrected chi connectivity index (χ1v) is 5.66. The van der Waals surface area contributed by atoms with E-state index in [0.717, 1.165) is 11.3 Å². The van der Waals surface area contributed by atoms with Crippen molar-refractivity contribution < 1.29 is 0 Å². The molecule has 2 aromatic heterocycles. The SMILES string of the molecule is Nc1nc(-c2ccc(-n3ccnn3)cc2)ns1. The van der Waals surface area contributed by atoms with Gasteiger partial charge in [0.2, 0.25) is 0 Å². The normalized spacial score (nSPS) is 10.6. The second kappa shape index (κ2) is 3.95. The summed E-state index contributed by atoms with van der Waals surface area (Å²) in [5.74, 6) is 0.651. The van der Waals surface area contributed by atoms with Gasteiger partial charge in [-0.1, -0.05) is 5.21 Å². The Morgan fingerprint density at radius 3 is 2.59 bits per heavy atom. The molecular formula is C10H8N6S.